The van der Waals surface area contributed by atoms with Gasteiger partial charge in [0.2, 0.25) is 10.0 Å². The fourth-order valence-electron chi connectivity index (χ4n) is 1.76. The lowest BCUT2D eigenvalue weighted by molar-refractivity contribution is 0.581. The number of sulfonamides is 1. The van der Waals surface area contributed by atoms with Crippen LogP contribution in [0.1, 0.15) is 11.3 Å². The number of nitrogen functional groups attached to an aromatic ring is 1. The Balaban J connectivity index is 2.05. The molecule has 1 heterocycles. The van der Waals surface area contributed by atoms with Crippen molar-refractivity contribution in [2.75, 3.05) is 12.3 Å². The molecular weight excluding hydrogens is 264 g/mol. The van der Waals surface area contributed by atoms with E-state index < -0.39 is 10.0 Å². The number of H-pyrrole nitrogens is 1. The molecule has 0 atom stereocenters. The maximum Gasteiger partial charge on any atom is 0.240 e. The largest absolute Gasteiger partial charge is 0.399 e. The molecule has 0 bridgehead atoms. The van der Waals surface area contributed by atoms with Crippen LogP contribution in [0.15, 0.2) is 35.6 Å². The molecule has 0 saturated carbocycles. The zero-order valence-electron chi connectivity index (χ0n) is 10.6. The molecule has 19 heavy (non-hydrogen) atoms. The molecule has 1 aromatic heterocycles. The average Bonchev–Trinajstić information content (AvgIpc) is 2.80. The minimum Gasteiger partial charge on any atom is -0.399 e. The predicted molar refractivity (Wildman–Crippen MR) is 73.1 cm³/mol. The lowest BCUT2D eigenvalue weighted by Crippen LogP contribution is -2.26. The second-order valence-electron chi connectivity index (χ2n) is 4.30. The van der Waals surface area contributed by atoms with Crippen molar-refractivity contribution in [2.24, 2.45) is 0 Å². The van der Waals surface area contributed by atoms with Crippen LogP contribution >= 0.6 is 0 Å². The Kier molecular flexibility index (Phi) is 3.87. The van der Waals surface area contributed by atoms with Gasteiger partial charge in [-0.2, -0.15) is 0 Å². The highest BCUT2D eigenvalue weighted by Crippen LogP contribution is 2.15. The Morgan fingerprint density at radius 1 is 1.37 bits per heavy atom. The second-order valence-corrected chi connectivity index (χ2v) is 6.07. The minimum absolute atomic E-state index is 0.189. The molecule has 7 heteroatoms. The molecule has 0 radical (unpaired) electrons. The first-order valence-corrected chi connectivity index (χ1v) is 7.30. The van der Waals surface area contributed by atoms with Crippen molar-refractivity contribution in [1.82, 2.24) is 14.7 Å². The van der Waals surface area contributed by atoms with E-state index in [2.05, 4.69) is 14.7 Å². The number of nitrogens with zero attached hydrogens (tertiary/aromatic N) is 1. The van der Waals surface area contributed by atoms with Crippen LogP contribution in [0.5, 0.6) is 0 Å². The summed E-state index contributed by atoms with van der Waals surface area (Å²) >= 11 is 0. The van der Waals surface area contributed by atoms with Gasteiger partial charge in [0.25, 0.3) is 0 Å². The standard InChI is InChI=1S/C12H16N4O2S/c1-9-4-10(13)6-12(5-9)19(17,18)16-3-2-11-7-14-8-15-11/h4-8,16H,2-3,13H2,1H3,(H,14,15). The van der Waals surface area contributed by atoms with Crippen LogP contribution < -0.4 is 10.5 Å². The van der Waals surface area contributed by atoms with Crippen LogP contribution in [-0.4, -0.2) is 24.9 Å². The fraction of sp³-hybridized carbons (Fsp3) is 0.250. The van der Waals surface area contributed by atoms with Crippen molar-refractivity contribution in [3.63, 3.8) is 0 Å². The van der Waals surface area contributed by atoms with Gasteiger partial charge in [-0.1, -0.05) is 0 Å². The maximum absolute atomic E-state index is 12.1. The number of rotatable bonds is 5. The Morgan fingerprint density at radius 3 is 2.79 bits per heavy atom. The Bertz CT molecular complexity index is 630. The molecule has 2 rings (SSSR count). The summed E-state index contributed by atoms with van der Waals surface area (Å²) in [6, 6.07) is 4.77. The van der Waals surface area contributed by atoms with E-state index in [1.165, 1.54) is 6.07 Å². The molecule has 0 spiro atoms. The van der Waals surface area contributed by atoms with Crippen molar-refractivity contribution in [1.29, 1.82) is 0 Å². The highest BCUT2D eigenvalue weighted by Gasteiger charge is 2.14. The van der Waals surface area contributed by atoms with E-state index in [-0.39, 0.29) is 4.90 Å². The molecular formula is C12H16N4O2S. The van der Waals surface area contributed by atoms with Gasteiger partial charge in [0.05, 0.1) is 11.2 Å². The number of nitrogens with two attached hydrogens (primary N) is 1. The van der Waals surface area contributed by atoms with E-state index >= 15 is 0 Å². The van der Waals surface area contributed by atoms with Crippen LogP contribution in [0.3, 0.4) is 0 Å². The van der Waals surface area contributed by atoms with Crippen LogP contribution in [0.2, 0.25) is 0 Å². The third kappa shape index (κ3) is 3.55. The van der Waals surface area contributed by atoms with Gasteiger partial charge in [0, 0.05) is 30.5 Å². The average molecular weight is 280 g/mol. The van der Waals surface area contributed by atoms with Gasteiger partial charge >= 0.3 is 0 Å². The molecule has 0 aliphatic carbocycles. The first-order valence-electron chi connectivity index (χ1n) is 5.81. The summed E-state index contributed by atoms with van der Waals surface area (Å²) in [5, 5.41) is 0. The monoisotopic (exact) mass is 280 g/mol. The number of aryl methyl sites for hydroxylation is 1. The summed E-state index contributed by atoms with van der Waals surface area (Å²) in [7, 11) is -3.52. The van der Waals surface area contributed by atoms with E-state index in [0.717, 1.165) is 11.3 Å². The highest BCUT2D eigenvalue weighted by atomic mass is 32.2. The topological polar surface area (TPSA) is 101 Å². The molecule has 4 N–H and O–H groups in total. The number of hydrogen-bond donors (Lipinski definition) is 3. The van der Waals surface area contributed by atoms with Crippen molar-refractivity contribution < 1.29 is 8.42 Å². The zero-order chi connectivity index (χ0) is 13.9. The lowest BCUT2D eigenvalue weighted by atomic mass is 10.2. The molecule has 0 aliphatic heterocycles. The molecule has 0 amide bonds. The Labute approximate surface area is 112 Å². The summed E-state index contributed by atoms with van der Waals surface area (Å²) in [6.45, 7) is 2.11. The SMILES string of the molecule is Cc1cc(N)cc(S(=O)(=O)NCCc2cnc[nH]2)c1. The normalized spacial score (nSPS) is 11.6. The summed E-state index contributed by atoms with van der Waals surface area (Å²) in [5.41, 5.74) is 7.79. The number of aromatic nitrogens is 2. The maximum atomic E-state index is 12.1. The predicted octanol–water partition coefficient (Wildman–Crippen LogP) is 0.821. The van der Waals surface area contributed by atoms with Gasteiger partial charge in [-0.05, 0) is 30.7 Å². The van der Waals surface area contributed by atoms with Crippen molar-refractivity contribution in [2.45, 2.75) is 18.2 Å². The van der Waals surface area contributed by atoms with Crippen LogP contribution in [0.25, 0.3) is 0 Å². The van der Waals surface area contributed by atoms with Crippen LogP contribution in [-0.2, 0) is 16.4 Å². The molecule has 6 nitrogen and oxygen atoms in total. The van der Waals surface area contributed by atoms with Gasteiger partial charge in [-0.15, -0.1) is 0 Å². The number of anilines is 1. The van der Waals surface area contributed by atoms with Crippen LogP contribution in [0, 0.1) is 6.92 Å². The number of nitrogens with one attached hydrogen (secondary N) is 2. The van der Waals surface area contributed by atoms with E-state index in [9.17, 15) is 8.42 Å². The van der Waals surface area contributed by atoms with Crippen LogP contribution in [0.4, 0.5) is 5.69 Å². The summed E-state index contributed by atoms with van der Waals surface area (Å²) in [4.78, 5) is 6.97. The highest BCUT2D eigenvalue weighted by molar-refractivity contribution is 7.89. The number of aromatic amines is 1. The molecule has 102 valence electrons. The molecule has 0 unspecified atom stereocenters. The first-order chi connectivity index (χ1) is 8.97. The zero-order valence-corrected chi connectivity index (χ0v) is 11.4. The van der Waals surface area contributed by atoms with Gasteiger partial charge in [0.15, 0.2) is 0 Å². The quantitative estimate of drug-likeness (QED) is 0.706. The van der Waals surface area contributed by atoms with E-state index in [0.29, 0.717) is 18.7 Å². The summed E-state index contributed by atoms with van der Waals surface area (Å²) < 4.78 is 26.7. The van der Waals surface area contributed by atoms with Gasteiger partial charge < -0.3 is 10.7 Å². The number of hydrogen-bond acceptors (Lipinski definition) is 4. The van der Waals surface area contributed by atoms with E-state index in [1.807, 2.05) is 0 Å². The number of benzene rings is 1. The first kappa shape index (κ1) is 13.6. The molecule has 0 saturated heterocycles. The summed E-state index contributed by atoms with van der Waals surface area (Å²) in [5.74, 6) is 0. The molecule has 1 aromatic carbocycles. The van der Waals surface area contributed by atoms with Gasteiger partial charge in [-0.25, -0.2) is 18.1 Å². The van der Waals surface area contributed by atoms with Crippen molar-refractivity contribution in [3.05, 3.63) is 42.0 Å². The third-order valence-electron chi connectivity index (χ3n) is 2.62. The van der Waals surface area contributed by atoms with E-state index in [4.69, 9.17) is 5.73 Å². The Morgan fingerprint density at radius 2 is 2.16 bits per heavy atom. The summed E-state index contributed by atoms with van der Waals surface area (Å²) in [6.07, 6.45) is 3.78. The molecule has 2 aromatic rings. The second kappa shape index (κ2) is 5.41. The van der Waals surface area contributed by atoms with Gasteiger partial charge in [-0.3, -0.25) is 0 Å². The third-order valence-corrected chi connectivity index (χ3v) is 4.07. The Hall–Kier alpha value is -1.86. The lowest BCUT2D eigenvalue weighted by Gasteiger charge is -2.08. The number of imidazole rings is 1. The van der Waals surface area contributed by atoms with E-state index in [1.54, 1.807) is 31.6 Å². The smallest absolute Gasteiger partial charge is 0.240 e. The molecule has 0 aliphatic rings. The fourth-order valence-corrected chi connectivity index (χ4v) is 2.93. The van der Waals surface area contributed by atoms with Crippen molar-refractivity contribution in [3.8, 4) is 0 Å². The van der Waals surface area contributed by atoms with Gasteiger partial charge in [0.1, 0.15) is 0 Å². The molecule has 0 fully saturated rings. The minimum atomic E-state index is -3.52. The van der Waals surface area contributed by atoms with Crippen molar-refractivity contribution >= 4 is 15.7 Å².